The van der Waals surface area contributed by atoms with E-state index in [0.717, 1.165) is 0 Å². The molecule has 0 unspecified atom stereocenters. The van der Waals surface area contributed by atoms with Crippen LogP contribution in [0.5, 0.6) is 0 Å². The minimum Gasteiger partial charge on any atom is -1.00 e. The van der Waals surface area contributed by atoms with Crippen LogP contribution in [-0.4, -0.2) is 15.4 Å². The molecule has 7 heavy (non-hydrogen) atoms. The molecular formula is C2H5BrN4. The molecule has 0 radical (unpaired) electrons. The Labute approximate surface area is 51.3 Å². The van der Waals surface area contributed by atoms with Crippen molar-refractivity contribution < 1.29 is 21.8 Å². The third-order valence-electron chi connectivity index (χ3n) is 0.485. The van der Waals surface area contributed by atoms with Crippen LogP contribution in [0.4, 0.5) is 0 Å². The number of tetrazole rings is 1. The van der Waals surface area contributed by atoms with E-state index < -0.39 is 0 Å². The van der Waals surface area contributed by atoms with Gasteiger partial charge in [-0.1, -0.05) is 4.80 Å². The molecule has 0 saturated heterocycles. The lowest BCUT2D eigenvalue weighted by molar-refractivity contribution is -0.784. The number of nitrogens with one attached hydrogen (secondary N) is 1. The topological polar surface area (TPSA) is 45.5 Å². The van der Waals surface area contributed by atoms with Crippen molar-refractivity contribution in [3.8, 4) is 0 Å². The highest BCUT2D eigenvalue weighted by molar-refractivity contribution is 4.18. The molecule has 5 heteroatoms. The van der Waals surface area contributed by atoms with Gasteiger partial charge < -0.3 is 17.0 Å². The van der Waals surface area contributed by atoms with Gasteiger partial charge in [0.1, 0.15) is 7.05 Å². The number of halogens is 1. The van der Waals surface area contributed by atoms with Crippen LogP contribution in [0.15, 0.2) is 6.33 Å². The van der Waals surface area contributed by atoms with Gasteiger partial charge in [-0.3, -0.25) is 0 Å². The van der Waals surface area contributed by atoms with Crippen molar-refractivity contribution >= 4 is 0 Å². The van der Waals surface area contributed by atoms with Crippen LogP contribution in [-0.2, 0) is 7.05 Å². The van der Waals surface area contributed by atoms with Gasteiger partial charge in [-0.05, 0) is 10.3 Å². The van der Waals surface area contributed by atoms with Crippen LogP contribution in [0.3, 0.4) is 0 Å². The second kappa shape index (κ2) is 2.68. The molecule has 0 atom stereocenters. The molecule has 0 bridgehead atoms. The number of nitrogens with zero attached hydrogens (tertiary/aromatic N) is 3. The van der Waals surface area contributed by atoms with E-state index in [-0.39, 0.29) is 17.0 Å². The summed E-state index contributed by atoms with van der Waals surface area (Å²) in [6.07, 6.45) is 1.44. The Bertz CT molecular complexity index is 113. The number of rotatable bonds is 0. The van der Waals surface area contributed by atoms with Crippen molar-refractivity contribution in [3.63, 3.8) is 0 Å². The Hall–Kier alpha value is -0.450. The zero-order chi connectivity index (χ0) is 4.41. The van der Waals surface area contributed by atoms with Crippen molar-refractivity contribution in [1.82, 2.24) is 15.4 Å². The molecule has 0 saturated carbocycles. The summed E-state index contributed by atoms with van der Waals surface area (Å²) < 4.78 is 0. The van der Waals surface area contributed by atoms with Gasteiger partial charge in [-0.2, -0.15) is 0 Å². The molecule has 0 aliphatic rings. The summed E-state index contributed by atoms with van der Waals surface area (Å²) in [5.74, 6) is 0. The van der Waals surface area contributed by atoms with Crippen molar-refractivity contribution in [3.05, 3.63) is 6.33 Å². The van der Waals surface area contributed by atoms with Crippen LogP contribution in [0.2, 0.25) is 0 Å². The van der Waals surface area contributed by atoms with E-state index in [2.05, 4.69) is 15.4 Å². The first-order valence-corrected chi connectivity index (χ1v) is 1.61. The Balaban J connectivity index is 0.000000360. The number of hydrogen-bond acceptors (Lipinski definition) is 2. The van der Waals surface area contributed by atoms with E-state index in [9.17, 15) is 0 Å². The average molecular weight is 165 g/mol. The molecule has 0 aromatic carbocycles. The summed E-state index contributed by atoms with van der Waals surface area (Å²) in [5, 5.41) is 9.77. The lowest BCUT2D eigenvalue weighted by Crippen LogP contribution is -3.00. The maximum absolute atomic E-state index is 3.67. The van der Waals surface area contributed by atoms with E-state index >= 15 is 0 Å². The van der Waals surface area contributed by atoms with Gasteiger partial charge in [0.2, 0.25) is 0 Å². The summed E-state index contributed by atoms with van der Waals surface area (Å²) >= 11 is 0. The first kappa shape index (κ1) is 6.55. The van der Waals surface area contributed by atoms with Gasteiger partial charge in [-0.25, -0.2) is 0 Å². The smallest absolute Gasteiger partial charge is 0.296 e. The highest BCUT2D eigenvalue weighted by Crippen LogP contribution is 1.41. The van der Waals surface area contributed by atoms with Crippen molar-refractivity contribution in [2.24, 2.45) is 7.05 Å². The van der Waals surface area contributed by atoms with Gasteiger partial charge in [0, 0.05) is 0 Å². The van der Waals surface area contributed by atoms with Gasteiger partial charge in [0.05, 0.1) is 5.10 Å². The molecule has 1 aromatic rings. The minimum absolute atomic E-state index is 0. The molecule has 0 amide bonds. The summed E-state index contributed by atoms with van der Waals surface area (Å²) in [6, 6.07) is 0. The SMILES string of the molecule is C[n+]1ncn[nH]1.[Br-]. The summed E-state index contributed by atoms with van der Waals surface area (Å²) in [5.41, 5.74) is 0. The zero-order valence-electron chi connectivity index (χ0n) is 3.80. The third-order valence-corrected chi connectivity index (χ3v) is 0.485. The molecule has 1 rings (SSSR count). The monoisotopic (exact) mass is 164 g/mol. The predicted molar refractivity (Wildman–Crippen MR) is 17.6 cm³/mol. The lowest BCUT2D eigenvalue weighted by Gasteiger charge is -1.63. The maximum atomic E-state index is 3.67. The molecule has 1 heterocycles. The van der Waals surface area contributed by atoms with E-state index in [1.54, 1.807) is 7.05 Å². The highest BCUT2D eigenvalue weighted by Gasteiger charge is 1.82. The first-order valence-electron chi connectivity index (χ1n) is 1.61. The van der Waals surface area contributed by atoms with Crippen LogP contribution in [0.25, 0.3) is 0 Å². The summed E-state index contributed by atoms with van der Waals surface area (Å²) in [7, 11) is 1.77. The third kappa shape index (κ3) is 1.63. The van der Waals surface area contributed by atoms with Crippen LogP contribution in [0, 0.1) is 0 Å². The van der Waals surface area contributed by atoms with Gasteiger partial charge >= 0.3 is 0 Å². The predicted octanol–water partition coefficient (Wildman–Crippen LogP) is -4.37. The van der Waals surface area contributed by atoms with Crippen molar-refractivity contribution in [2.45, 2.75) is 0 Å². The Morgan fingerprint density at radius 3 is 2.57 bits per heavy atom. The highest BCUT2D eigenvalue weighted by atomic mass is 79.9. The summed E-state index contributed by atoms with van der Waals surface area (Å²) in [6.45, 7) is 0. The lowest BCUT2D eigenvalue weighted by atomic mass is 11.4. The van der Waals surface area contributed by atoms with Gasteiger partial charge in [-0.15, -0.1) is 0 Å². The fraction of sp³-hybridized carbons (Fsp3) is 0.500. The number of aromatic nitrogens is 4. The quantitative estimate of drug-likeness (QED) is 0.395. The largest absolute Gasteiger partial charge is 1.00 e. The Morgan fingerprint density at radius 1 is 1.71 bits per heavy atom. The molecule has 40 valence electrons. The van der Waals surface area contributed by atoms with E-state index in [1.807, 2.05) is 0 Å². The van der Waals surface area contributed by atoms with Crippen molar-refractivity contribution in [1.29, 1.82) is 0 Å². The molecule has 1 N–H and O–H groups in total. The number of H-pyrrole nitrogens is 1. The van der Waals surface area contributed by atoms with Crippen LogP contribution < -0.4 is 21.8 Å². The zero-order valence-corrected chi connectivity index (χ0v) is 5.38. The molecule has 0 fully saturated rings. The molecule has 1 aromatic heterocycles. The Kier molecular flexibility index (Phi) is 2.51. The maximum Gasteiger partial charge on any atom is 0.296 e. The number of aromatic amines is 1. The summed E-state index contributed by atoms with van der Waals surface area (Å²) in [4.78, 5) is 1.51. The van der Waals surface area contributed by atoms with Crippen molar-refractivity contribution in [2.75, 3.05) is 0 Å². The van der Waals surface area contributed by atoms with Crippen LogP contribution in [0.1, 0.15) is 0 Å². The minimum atomic E-state index is 0. The average Bonchev–Trinajstić information content (AvgIpc) is 1.86. The number of hydrogen-bond donors (Lipinski definition) is 1. The fourth-order valence-electron chi connectivity index (χ4n) is 0.238. The van der Waals surface area contributed by atoms with E-state index in [0.29, 0.717) is 0 Å². The van der Waals surface area contributed by atoms with Gasteiger partial charge in [0.15, 0.2) is 0 Å². The van der Waals surface area contributed by atoms with E-state index in [1.165, 1.54) is 11.1 Å². The Morgan fingerprint density at radius 2 is 2.43 bits per heavy atom. The molecule has 4 nitrogen and oxygen atoms in total. The fourth-order valence-corrected chi connectivity index (χ4v) is 0.238. The first-order chi connectivity index (χ1) is 2.89. The molecule has 0 aliphatic carbocycles. The van der Waals surface area contributed by atoms with E-state index in [4.69, 9.17) is 0 Å². The standard InChI is InChI=1S/C2H4N4.BrH/c1-6-4-2-3-5-6;/h2H,1H3;1H. The molecule has 0 aliphatic heterocycles. The van der Waals surface area contributed by atoms with Gasteiger partial charge in [0.25, 0.3) is 6.33 Å². The number of aryl methyl sites for hydroxylation is 1. The second-order valence-corrected chi connectivity index (χ2v) is 0.984. The van der Waals surface area contributed by atoms with Crippen LogP contribution >= 0.6 is 0 Å². The molecule has 0 spiro atoms. The molecular weight excluding hydrogens is 160 g/mol. The normalized spacial score (nSPS) is 7.57. The second-order valence-electron chi connectivity index (χ2n) is 0.984.